The molecular weight excluding hydrogens is 372 g/mol. The minimum atomic E-state index is -0.329. The zero-order valence-electron chi connectivity index (χ0n) is 16.5. The van der Waals surface area contributed by atoms with Crippen LogP contribution < -0.4 is 14.8 Å². The first-order chi connectivity index (χ1) is 14.1. The Balaban J connectivity index is 1.43. The smallest absolute Gasteiger partial charge is 0.273 e. The van der Waals surface area contributed by atoms with Gasteiger partial charge in [0, 0.05) is 6.07 Å². The van der Waals surface area contributed by atoms with E-state index in [0.717, 1.165) is 24.2 Å². The fourth-order valence-electron chi connectivity index (χ4n) is 3.51. The fourth-order valence-corrected chi connectivity index (χ4v) is 3.51. The normalized spacial score (nSPS) is 15.2. The van der Waals surface area contributed by atoms with Gasteiger partial charge in [-0.05, 0) is 62.4 Å². The highest BCUT2D eigenvalue weighted by molar-refractivity contribution is 5.93. The number of aromatic nitrogens is 1. The molecule has 1 unspecified atom stereocenters. The number of carbonyl (C=O) groups is 1. The molecule has 0 spiro atoms. The predicted molar refractivity (Wildman–Crippen MR) is 106 cm³/mol. The summed E-state index contributed by atoms with van der Waals surface area (Å²) >= 11 is 0. The Bertz CT molecular complexity index is 958. The number of amides is 1. The maximum Gasteiger partial charge on any atom is 0.273 e. The molecule has 7 nitrogen and oxygen atoms in total. The van der Waals surface area contributed by atoms with Crippen molar-refractivity contribution >= 4 is 5.91 Å². The zero-order chi connectivity index (χ0) is 20.2. The molecule has 0 radical (unpaired) electrons. The Hall–Kier alpha value is -3.22. The molecule has 1 fully saturated rings. The van der Waals surface area contributed by atoms with Crippen LogP contribution >= 0.6 is 0 Å². The van der Waals surface area contributed by atoms with Gasteiger partial charge in [-0.2, -0.15) is 0 Å². The van der Waals surface area contributed by atoms with Gasteiger partial charge >= 0.3 is 0 Å². The molecule has 7 heteroatoms. The molecule has 1 aliphatic rings. The van der Waals surface area contributed by atoms with Crippen molar-refractivity contribution in [2.75, 3.05) is 7.11 Å². The first-order valence-corrected chi connectivity index (χ1v) is 9.80. The molecule has 29 heavy (non-hydrogen) atoms. The van der Waals surface area contributed by atoms with Gasteiger partial charge in [0.25, 0.3) is 5.91 Å². The molecule has 2 aromatic heterocycles. The monoisotopic (exact) mass is 396 g/mol. The lowest BCUT2D eigenvalue weighted by molar-refractivity contribution is 0.0930. The third-order valence-corrected chi connectivity index (χ3v) is 5.14. The van der Waals surface area contributed by atoms with Gasteiger partial charge in [0.05, 0.1) is 25.5 Å². The molecule has 0 saturated heterocycles. The van der Waals surface area contributed by atoms with E-state index < -0.39 is 0 Å². The molecule has 3 aromatic rings. The van der Waals surface area contributed by atoms with Gasteiger partial charge in [0.1, 0.15) is 0 Å². The number of hydrogen-bond acceptors (Lipinski definition) is 6. The van der Waals surface area contributed by atoms with E-state index in [1.165, 1.54) is 19.1 Å². The molecule has 1 atom stereocenters. The lowest BCUT2D eigenvalue weighted by Gasteiger charge is -2.19. The van der Waals surface area contributed by atoms with Crippen LogP contribution in [0.3, 0.4) is 0 Å². The Morgan fingerprint density at radius 3 is 2.72 bits per heavy atom. The summed E-state index contributed by atoms with van der Waals surface area (Å²) in [4.78, 5) is 12.5. The van der Waals surface area contributed by atoms with Crippen LogP contribution in [0.15, 0.2) is 51.6 Å². The third kappa shape index (κ3) is 4.29. The van der Waals surface area contributed by atoms with Crippen molar-refractivity contribution in [1.82, 2.24) is 10.5 Å². The van der Waals surface area contributed by atoms with Crippen LogP contribution in [0.4, 0.5) is 0 Å². The molecule has 1 N–H and O–H groups in total. The highest BCUT2D eigenvalue weighted by Gasteiger charge is 2.21. The summed E-state index contributed by atoms with van der Waals surface area (Å²) in [6.07, 6.45) is 6.36. The maximum atomic E-state index is 12.5. The van der Waals surface area contributed by atoms with Gasteiger partial charge in [-0.25, -0.2) is 0 Å². The number of nitrogens with zero attached hydrogens (tertiary/aromatic N) is 1. The maximum absolute atomic E-state index is 12.5. The number of furan rings is 1. The Morgan fingerprint density at radius 2 is 2.00 bits per heavy atom. The summed E-state index contributed by atoms with van der Waals surface area (Å²) in [7, 11) is 1.62. The minimum absolute atomic E-state index is 0.191. The van der Waals surface area contributed by atoms with Crippen molar-refractivity contribution in [3.63, 3.8) is 0 Å². The molecular formula is C22H24N2O5. The quantitative estimate of drug-likeness (QED) is 0.620. The number of methoxy groups -OCH3 is 1. The van der Waals surface area contributed by atoms with Gasteiger partial charge in [-0.1, -0.05) is 11.2 Å². The molecule has 2 heterocycles. The molecule has 1 saturated carbocycles. The summed E-state index contributed by atoms with van der Waals surface area (Å²) in [6.45, 7) is 1.90. The van der Waals surface area contributed by atoms with E-state index in [9.17, 15) is 4.79 Å². The molecule has 0 bridgehead atoms. The molecule has 1 amide bonds. The molecule has 0 aliphatic heterocycles. The number of nitrogens with one attached hydrogen (secondary N) is 1. The third-order valence-electron chi connectivity index (χ3n) is 5.14. The van der Waals surface area contributed by atoms with Gasteiger partial charge < -0.3 is 23.7 Å². The molecule has 1 aromatic carbocycles. The number of carbonyl (C=O) groups excluding carboxylic acids is 1. The minimum Gasteiger partial charge on any atom is -0.493 e. The second kappa shape index (κ2) is 8.43. The molecule has 152 valence electrons. The average Bonchev–Trinajstić information content (AvgIpc) is 3.49. The highest BCUT2D eigenvalue weighted by atomic mass is 16.5. The first kappa shape index (κ1) is 19.1. The van der Waals surface area contributed by atoms with Crippen molar-refractivity contribution in [3.05, 3.63) is 53.9 Å². The number of hydrogen-bond donors (Lipinski definition) is 1. The summed E-state index contributed by atoms with van der Waals surface area (Å²) < 4.78 is 22.0. The van der Waals surface area contributed by atoms with Crippen molar-refractivity contribution in [1.29, 1.82) is 0 Å². The zero-order valence-corrected chi connectivity index (χ0v) is 16.5. The standard InChI is InChI=1S/C22H24N2O5/c1-14(23-22(25)17-13-21(29-24-17)18-8-5-11-27-18)15-9-10-19(20(12-15)26-2)28-16-6-3-4-7-16/h5,8-14,16H,3-4,6-7H2,1-2H3,(H,23,25). The van der Waals surface area contributed by atoms with E-state index in [4.69, 9.17) is 18.4 Å². The van der Waals surface area contributed by atoms with E-state index in [1.54, 1.807) is 25.3 Å². The van der Waals surface area contributed by atoms with Crippen LogP contribution in [0.2, 0.25) is 0 Å². The largest absolute Gasteiger partial charge is 0.493 e. The van der Waals surface area contributed by atoms with Crippen molar-refractivity contribution < 1.29 is 23.2 Å². The van der Waals surface area contributed by atoms with Crippen molar-refractivity contribution in [3.8, 4) is 23.0 Å². The van der Waals surface area contributed by atoms with Crippen LogP contribution in [0.1, 0.15) is 54.7 Å². The van der Waals surface area contributed by atoms with Crippen LogP contribution in [0, 0.1) is 0 Å². The van der Waals surface area contributed by atoms with Gasteiger partial charge in [0.2, 0.25) is 5.76 Å². The van der Waals surface area contributed by atoms with E-state index in [-0.39, 0.29) is 23.7 Å². The van der Waals surface area contributed by atoms with Crippen molar-refractivity contribution in [2.45, 2.75) is 44.8 Å². The number of rotatable bonds is 7. The lowest BCUT2D eigenvalue weighted by Crippen LogP contribution is -2.26. The van der Waals surface area contributed by atoms with E-state index in [1.807, 2.05) is 25.1 Å². The van der Waals surface area contributed by atoms with Crippen molar-refractivity contribution in [2.24, 2.45) is 0 Å². The van der Waals surface area contributed by atoms with Crippen LogP contribution in [0.25, 0.3) is 11.5 Å². The van der Waals surface area contributed by atoms with Gasteiger partial charge in [-0.15, -0.1) is 0 Å². The number of benzene rings is 1. The van der Waals surface area contributed by atoms with Crippen LogP contribution in [-0.4, -0.2) is 24.3 Å². The van der Waals surface area contributed by atoms with E-state index in [2.05, 4.69) is 10.5 Å². The topological polar surface area (TPSA) is 86.7 Å². The second-order valence-corrected chi connectivity index (χ2v) is 7.18. The predicted octanol–water partition coefficient (Wildman–Crippen LogP) is 4.76. The summed E-state index contributed by atoms with van der Waals surface area (Å²) in [5.41, 5.74) is 1.10. The van der Waals surface area contributed by atoms with E-state index >= 15 is 0 Å². The number of ether oxygens (including phenoxy) is 2. The first-order valence-electron chi connectivity index (χ1n) is 9.80. The summed E-state index contributed by atoms with van der Waals surface area (Å²) in [5.74, 6) is 2.00. The van der Waals surface area contributed by atoms with Gasteiger partial charge in [-0.3, -0.25) is 4.79 Å². The Labute approximate surface area is 169 Å². The molecule has 4 rings (SSSR count). The summed E-state index contributed by atoms with van der Waals surface area (Å²) in [6, 6.07) is 10.5. The van der Waals surface area contributed by atoms with Crippen LogP contribution in [0.5, 0.6) is 11.5 Å². The Morgan fingerprint density at radius 1 is 1.17 bits per heavy atom. The van der Waals surface area contributed by atoms with E-state index in [0.29, 0.717) is 17.3 Å². The highest BCUT2D eigenvalue weighted by Crippen LogP contribution is 2.33. The van der Waals surface area contributed by atoms with Crippen LogP contribution in [-0.2, 0) is 0 Å². The Kier molecular flexibility index (Phi) is 5.55. The van der Waals surface area contributed by atoms with Gasteiger partial charge in [0.15, 0.2) is 23.0 Å². The summed E-state index contributed by atoms with van der Waals surface area (Å²) in [5, 5.41) is 6.76. The lowest BCUT2D eigenvalue weighted by atomic mass is 10.1. The molecule has 1 aliphatic carbocycles. The fraction of sp³-hybridized carbons (Fsp3) is 0.364. The second-order valence-electron chi connectivity index (χ2n) is 7.18. The average molecular weight is 396 g/mol. The SMILES string of the molecule is COc1cc(C(C)NC(=O)c2cc(-c3ccco3)on2)ccc1OC1CCCC1.